The van der Waals surface area contributed by atoms with Crippen molar-refractivity contribution in [2.24, 2.45) is 0 Å². The maximum absolute atomic E-state index is 2.50. The van der Waals surface area contributed by atoms with E-state index in [0.717, 1.165) is 11.4 Å². The van der Waals surface area contributed by atoms with Crippen molar-refractivity contribution in [1.29, 1.82) is 0 Å². The van der Waals surface area contributed by atoms with Crippen LogP contribution in [0.1, 0.15) is 0 Å². The van der Waals surface area contributed by atoms with Gasteiger partial charge in [-0.15, -0.1) is 0 Å². The van der Waals surface area contributed by atoms with Gasteiger partial charge in [0.1, 0.15) is 0 Å². The first-order valence-corrected chi connectivity index (χ1v) is 23.1. The molecule has 0 aliphatic carbocycles. The molecule has 0 amide bonds. The quantitative estimate of drug-likeness (QED) is 0.158. The lowest BCUT2D eigenvalue weighted by Gasteiger charge is -2.13. The van der Waals surface area contributed by atoms with Crippen LogP contribution in [0.2, 0.25) is 0 Å². The second-order valence-corrected chi connectivity index (χ2v) is 17.7. The molecular formula is C64H41N3. The molecule has 0 aliphatic heterocycles. The van der Waals surface area contributed by atoms with Crippen molar-refractivity contribution in [3.05, 3.63) is 249 Å². The highest BCUT2D eigenvalue weighted by Crippen LogP contribution is 2.43. The second-order valence-electron chi connectivity index (χ2n) is 17.7. The molecule has 0 unspecified atom stereocenters. The van der Waals surface area contributed by atoms with Crippen LogP contribution >= 0.6 is 0 Å². The molecule has 0 spiro atoms. The zero-order valence-electron chi connectivity index (χ0n) is 36.5. The standard InChI is InChI=1S/C64H41N3/c1-3-15-42(16-4-1)44-29-33-49(34-30-44)65-59-26-11-10-25-53(59)56-40-57-55-39-48(32-36-62(55)67(64(57)41-63(56)65)58-28-14-20-45-19-7-8-23-51(45)58)47-31-35-61-54(38-47)52-24-9-12-27-60(52)66(61)50-22-13-21-46(37-50)43-17-5-2-6-18-43/h1-41H. The van der Waals surface area contributed by atoms with E-state index in [2.05, 4.69) is 262 Å². The number of hydrogen-bond acceptors (Lipinski definition) is 0. The smallest absolute Gasteiger partial charge is 0.0562 e. The largest absolute Gasteiger partial charge is 0.309 e. The van der Waals surface area contributed by atoms with E-state index in [9.17, 15) is 0 Å². The van der Waals surface area contributed by atoms with E-state index in [1.54, 1.807) is 0 Å². The molecule has 67 heavy (non-hydrogen) atoms. The number of para-hydroxylation sites is 2. The van der Waals surface area contributed by atoms with Gasteiger partial charge >= 0.3 is 0 Å². The van der Waals surface area contributed by atoms with Crippen molar-refractivity contribution in [2.45, 2.75) is 0 Å². The van der Waals surface area contributed by atoms with E-state index in [1.807, 2.05) is 0 Å². The monoisotopic (exact) mass is 851 g/mol. The third-order valence-corrected chi connectivity index (χ3v) is 14.0. The van der Waals surface area contributed by atoms with Crippen LogP contribution in [0.25, 0.3) is 127 Å². The summed E-state index contributed by atoms with van der Waals surface area (Å²) in [5.74, 6) is 0. The lowest BCUT2D eigenvalue weighted by Crippen LogP contribution is -1.97. The van der Waals surface area contributed by atoms with Gasteiger partial charge in [-0.1, -0.05) is 170 Å². The first kappa shape index (κ1) is 37.5. The number of aromatic nitrogens is 3. The number of benzene rings is 11. The summed E-state index contributed by atoms with van der Waals surface area (Å²) in [6, 6.07) is 91.3. The van der Waals surface area contributed by atoms with Crippen molar-refractivity contribution in [3.8, 4) is 50.4 Å². The Hall–Kier alpha value is -8.92. The minimum atomic E-state index is 1.14. The molecule has 312 valence electrons. The minimum absolute atomic E-state index is 1.14. The van der Waals surface area contributed by atoms with E-state index in [1.165, 1.54) is 115 Å². The summed E-state index contributed by atoms with van der Waals surface area (Å²) in [6.07, 6.45) is 0. The highest BCUT2D eigenvalue weighted by molar-refractivity contribution is 6.20. The van der Waals surface area contributed by atoms with Gasteiger partial charge in [-0.25, -0.2) is 0 Å². The molecule has 0 saturated carbocycles. The fraction of sp³-hybridized carbons (Fsp3) is 0. The van der Waals surface area contributed by atoms with Gasteiger partial charge in [-0.05, 0) is 118 Å². The van der Waals surface area contributed by atoms with Gasteiger partial charge < -0.3 is 13.7 Å². The third-order valence-electron chi connectivity index (χ3n) is 14.0. The van der Waals surface area contributed by atoms with Gasteiger partial charge in [0.05, 0.1) is 38.8 Å². The molecule has 14 aromatic rings. The van der Waals surface area contributed by atoms with E-state index in [-0.39, 0.29) is 0 Å². The molecule has 3 heterocycles. The third kappa shape index (κ3) is 5.85. The predicted octanol–water partition coefficient (Wildman–Crippen LogP) is 17.1. The van der Waals surface area contributed by atoms with Gasteiger partial charge in [0.25, 0.3) is 0 Å². The van der Waals surface area contributed by atoms with Crippen molar-refractivity contribution in [1.82, 2.24) is 13.7 Å². The summed E-state index contributed by atoms with van der Waals surface area (Å²) in [5, 5.41) is 9.87. The Labute approximate surface area is 387 Å². The molecule has 0 atom stereocenters. The maximum atomic E-state index is 2.50. The van der Waals surface area contributed by atoms with E-state index >= 15 is 0 Å². The molecule has 0 bridgehead atoms. The van der Waals surface area contributed by atoms with Gasteiger partial charge in [0.15, 0.2) is 0 Å². The maximum Gasteiger partial charge on any atom is 0.0562 e. The van der Waals surface area contributed by atoms with Gasteiger partial charge in [0, 0.05) is 49.1 Å². The molecule has 11 aromatic carbocycles. The van der Waals surface area contributed by atoms with Crippen molar-refractivity contribution in [3.63, 3.8) is 0 Å². The highest BCUT2D eigenvalue weighted by atomic mass is 15.0. The van der Waals surface area contributed by atoms with Crippen molar-refractivity contribution >= 4 is 76.2 Å². The highest BCUT2D eigenvalue weighted by Gasteiger charge is 2.21. The fourth-order valence-electron chi connectivity index (χ4n) is 10.9. The average molecular weight is 852 g/mol. The fourth-order valence-corrected chi connectivity index (χ4v) is 10.9. The molecule has 0 N–H and O–H groups in total. The lowest BCUT2D eigenvalue weighted by molar-refractivity contribution is 1.17. The molecule has 0 saturated heterocycles. The van der Waals surface area contributed by atoms with Crippen LogP contribution in [-0.2, 0) is 0 Å². The summed E-state index contributed by atoms with van der Waals surface area (Å²) in [4.78, 5) is 0. The van der Waals surface area contributed by atoms with Crippen LogP contribution in [-0.4, -0.2) is 13.7 Å². The van der Waals surface area contributed by atoms with E-state index in [4.69, 9.17) is 0 Å². The SMILES string of the molecule is c1ccc(-c2ccc(-n3c4ccccc4c4cc5c6cc(-c7ccc8c(c7)c7ccccc7n8-c7cccc(-c8ccccc8)c7)ccc6n(-c6cccc7ccccc67)c5cc43)cc2)cc1. The lowest BCUT2D eigenvalue weighted by atomic mass is 10.00. The summed E-state index contributed by atoms with van der Waals surface area (Å²) in [5.41, 5.74) is 17.8. The van der Waals surface area contributed by atoms with Crippen LogP contribution < -0.4 is 0 Å². The zero-order chi connectivity index (χ0) is 44.0. The number of fused-ring (bicyclic) bond motifs is 10. The number of hydrogen-bond donors (Lipinski definition) is 0. The van der Waals surface area contributed by atoms with Crippen LogP contribution in [0.4, 0.5) is 0 Å². The summed E-state index contributed by atoms with van der Waals surface area (Å²) < 4.78 is 7.36. The zero-order valence-corrected chi connectivity index (χ0v) is 36.5. The Kier molecular flexibility index (Phi) is 8.28. The van der Waals surface area contributed by atoms with Crippen LogP contribution in [0, 0.1) is 0 Å². The first-order valence-electron chi connectivity index (χ1n) is 23.1. The molecule has 0 aliphatic rings. The van der Waals surface area contributed by atoms with Gasteiger partial charge in [-0.2, -0.15) is 0 Å². The van der Waals surface area contributed by atoms with E-state index in [0.29, 0.717) is 0 Å². The Bertz CT molecular complexity index is 4240. The summed E-state index contributed by atoms with van der Waals surface area (Å²) >= 11 is 0. The molecule has 3 nitrogen and oxygen atoms in total. The average Bonchev–Trinajstić information content (AvgIpc) is 4.03. The Balaban J connectivity index is 0.988. The van der Waals surface area contributed by atoms with Crippen LogP contribution in [0.15, 0.2) is 249 Å². The van der Waals surface area contributed by atoms with Crippen LogP contribution in [0.3, 0.4) is 0 Å². The predicted molar refractivity (Wildman–Crippen MR) is 283 cm³/mol. The van der Waals surface area contributed by atoms with Crippen molar-refractivity contribution < 1.29 is 0 Å². The topological polar surface area (TPSA) is 14.8 Å². The molecule has 0 fully saturated rings. The van der Waals surface area contributed by atoms with Gasteiger partial charge in [0.2, 0.25) is 0 Å². The Morgan fingerprint density at radius 1 is 0.194 bits per heavy atom. The molecule has 3 heteroatoms. The number of nitrogens with zero attached hydrogens (tertiary/aromatic N) is 3. The molecular weight excluding hydrogens is 811 g/mol. The minimum Gasteiger partial charge on any atom is -0.309 e. The molecule has 0 radical (unpaired) electrons. The van der Waals surface area contributed by atoms with Gasteiger partial charge in [-0.3, -0.25) is 0 Å². The Morgan fingerprint density at radius 3 is 1.33 bits per heavy atom. The normalized spacial score (nSPS) is 11.9. The number of rotatable bonds is 6. The summed E-state index contributed by atoms with van der Waals surface area (Å²) in [6.45, 7) is 0. The summed E-state index contributed by atoms with van der Waals surface area (Å²) in [7, 11) is 0. The molecule has 14 rings (SSSR count). The Morgan fingerprint density at radius 2 is 0.627 bits per heavy atom. The first-order chi connectivity index (χ1) is 33.2. The van der Waals surface area contributed by atoms with Crippen LogP contribution in [0.5, 0.6) is 0 Å². The van der Waals surface area contributed by atoms with Crippen molar-refractivity contribution in [2.75, 3.05) is 0 Å². The second kappa shape index (κ2) is 14.8. The van der Waals surface area contributed by atoms with E-state index < -0.39 is 0 Å². The molecule has 3 aromatic heterocycles.